The van der Waals surface area contributed by atoms with E-state index in [1.807, 2.05) is 0 Å². The van der Waals surface area contributed by atoms with Gasteiger partial charge in [0.15, 0.2) is 9.84 Å². The molecule has 1 aliphatic heterocycles. The summed E-state index contributed by atoms with van der Waals surface area (Å²) in [5.41, 5.74) is 5.99. The summed E-state index contributed by atoms with van der Waals surface area (Å²) < 4.78 is 38.4. The monoisotopic (exact) mass is 458 g/mol. The van der Waals surface area contributed by atoms with Crippen LogP contribution < -0.4 is 11.1 Å². The molecule has 7 nitrogen and oxygen atoms in total. The molecule has 1 amide bonds. The summed E-state index contributed by atoms with van der Waals surface area (Å²) in [4.78, 5) is 20.4. The Bertz CT molecular complexity index is 1120. The summed E-state index contributed by atoms with van der Waals surface area (Å²) in [6, 6.07) is 4.33. The van der Waals surface area contributed by atoms with Gasteiger partial charge in [-0.3, -0.25) is 9.79 Å². The van der Waals surface area contributed by atoms with Crippen LogP contribution in [0.4, 0.5) is 10.1 Å². The Balaban J connectivity index is 1.97. The van der Waals surface area contributed by atoms with Gasteiger partial charge in [-0.05, 0) is 38.1 Å². The van der Waals surface area contributed by atoms with Crippen LogP contribution >= 0.6 is 23.2 Å². The molecular formula is C18H17Cl2FN4O3S. The van der Waals surface area contributed by atoms with Crippen LogP contribution in [0.25, 0.3) is 0 Å². The fourth-order valence-corrected chi connectivity index (χ4v) is 4.52. The fraction of sp³-hybridized carbons (Fsp3) is 0.278. The number of hydrogen-bond donors (Lipinski definition) is 2. The van der Waals surface area contributed by atoms with Crippen molar-refractivity contribution in [3.63, 3.8) is 0 Å². The van der Waals surface area contributed by atoms with E-state index in [1.165, 1.54) is 44.3 Å². The molecule has 0 aliphatic carbocycles. The Morgan fingerprint density at radius 1 is 1.31 bits per heavy atom. The summed E-state index contributed by atoms with van der Waals surface area (Å²) >= 11 is 11.7. The van der Waals surface area contributed by atoms with E-state index in [0.29, 0.717) is 5.02 Å². The van der Waals surface area contributed by atoms with Crippen LogP contribution in [0.1, 0.15) is 35.9 Å². The first-order valence-electron chi connectivity index (χ1n) is 8.40. The highest BCUT2D eigenvalue weighted by molar-refractivity contribution is 7.93. The number of benzene rings is 1. The van der Waals surface area contributed by atoms with Crippen LogP contribution in [0.3, 0.4) is 0 Å². The average molecular weight is 459 g/mol. The number of nitrogens with one attached hydrogen (secondary N) is 1. The first-order chi connectivity index (χ1) is 13.4. The zero-order valence-corrected chi connectivity index (χ0v) is 17.7. The van der Waals surface area contributed by atoms with E-state index in [4.69, 9.17) is 28.9 Å². The molecule has 0 spiro atoms. The summed E-state index contributed by atoms with van der Waals surface area (Å²) in [5.74, 6) is -1.96. The van der Waals surface area contributed by atoms with Gasteiger partial charge in [-0.15, -0.1) is 0 Å². The number of pyridine rings is 1. The molecular weight excluding hydrogens is 442 g/mol. The molecule has 3 N–H and O–H groups in total. The molecule has 3 rings (SSSR count). The number of amides is 1. The van der Waals surface area contributed by atoms with Crippen LogP contribution in [0.15, 0.2) is 35.5 Å². The van der Waals surface area contributed by atoms with E-state index in [1.54, 1.807) is 0 Å². The minimum atomic E-state index is -3.70. The smallest absolute Gasteiger partial charge is 0.274 e. The number of sulfone groups is 1. The first-order valence-corrected chi connectivity index (χ1v) is 10.8. The fourth-order valence-electron chi connectivity index (χ4n) is 2.73. The van der Waals surface area contributed by atoms with Crippen LogP contribution in [-0.2, 0) is 9.84 Å². The third-order valence-electron chi connectivity index (χ3n) is 4.70. The summed E-state index contributed by atoms with van der Waals surface area (Å²) in [5, 5.41) is 2.62. The second kappa shape index (κ2) is 7.55. The van der Waals surface area contributed by atoms with Crippen molar-refractivity contribution in [3.8, 4) is 0 Å². The highest BCUT2D eigenvalue weighted by Crippen LogP contribution is 2.36. The maximum Gasteiger partial charge on any atom is 0.274 e. The van der Waals surface area contributed by atoms with Crippen molar-refractivity contribution in [2.24, 2.45) is 10.7 Å². The number of carbonyl (C=O) groups excluding carboxylic acids is 1. The lowest BCUT2D eigenvalue weighted by Gasteiger charge is -2.32. The number of nitrogens with two attached hydrogens (primary N) is 1. The van der Waals surface area contributed by atoms with Gasteiger partial charge in [0.25, 0.3) is 5.91 Å². The third-order valence-corrected chi connectivity index (χ3v) is 7.72. The van der Waals surface area contributed by atoms with Crippen molar-refractivity contribution in [2.75, 3.05) is 11.1 Å². The van der Waals surface area contributed by atoms with E-state index in [-0.39, 0.29) is 27.8 Å². The number of rotatable bonds is 3. The zero-order valence-electron chi connectivity index (χ0n) is 15.4. The molecule has 2 aromatic rings. The van der Waals surface area contributed by atoms with Crippen LogP contribution in [0, 0.1) is 5.82 Å². The number of amidine groups is 1. The highest BCUT2D eigenvalue weighted by atomic mass is 35.5. The molecule has 29 heavy (non-hydrogen) atoms. The second-order valence-electron chi connectivity index (χ2n) is 7.00. The van der Waals surface area contributed by atoms with Gasteiger partial charge in [0.2, 0.25) is 0 Å². The largest absolute Gasteiger partial charge is 0.386 e. The standard InChI is InChI=1S/C18H17Cl2FN4O3S/c1-18(2)17(22)25-14(8-29(18,27)28)11-5-10(6-12(20)15(11)21)24-16(26)13-4-3-9(19)7-23-13/h3-7,14H,8H2,1-2H3,(H2,22,25)(H,24,26). The Morgan fingerprint density at radius 3 is 2.59 bits per heavy atom. The second-order valence-corrected chi connectivity index (χ2v) is 10.4. The lowest BCUT2D eigenvalue weighted by atomic mass is 10.1. The number of halogens is 3. The molecule has 154 valence electrons. The maximum atomic E-state index is 14.7. The quantitative estimate of drug-likeness (QED) is 0.731. The molecule has 1 aromatic heterocycles. The van der Waals surface area contributed by atoms with E-state index < -0.39 is 38.1 Å². The van der Waals surface area contributed by atoms with Crippen LogP contribution in [0.2, 0.25) is 10.0 Å². The lowest BCUT2D eigenvalue weighted by molar-refractivity contribution is 0.102. The topological polar surface area (TPSA) is 115 Å². The van der Waals surface area contributed by atoms with Gasteiger partial charge in [-0.2, -0.15) is 0 Å². The van der Waals surface area contributed by atoms with E-state index in [0.717, 1.165) is 0 Å². The van der Waals surface area contributed by atoms with Crippen LogP contribution in [-0.4, -0.2) is 35.6 Å². The molecule has 0 bridgehead atoms. The van der Waals surface area contributed by atoms with Gasteiger partial charge in [0, 0.05) is 17.4 Å². The number of carbonyl (C=O) groups is 1. The highest BCUT2D eigenvalue weighted by Gasteiger charge is 2.44. The third kappa shape index (κ3) is 4.08. The van der Waals surface area contributed by atoms with Gasteiger partial charge in [0.1, 0.15) is 22.1 Å². The van der Waals surface area contributed by atoms with Gasteiger partial charge in [-0.1, -0.05) is 23.2 Å². The van der Waals surface area contributed by atoms with Crippen molar-refractivity contribution in [3.05, 3.63) is 57.6 Å². The van der Waals surface area contributed by atoms with Gasteiger partial charge >= 0.3 is 0 Å². The van der Waals surface area contributed by atoms with Gasteiger partial charge in [-0.25, -0.2) is 17.8 Å². The normalized spacial score (nSPS) is 20.0. The molecule has 11 heteroatoms. The minimum Gasteiger partial charge on any atom is -0.386 e. The maximum absolute atomic E-state index is 14.7. The van der Waals surface area contributed by atoms with Crippen molar-refractivity contribution in [1.29, 1.82) is 0 Å². The summed E-state index contributed by atoms with van der Waals surface area (Å²) in [7, 11) is -3.70. The molecule has 0 saturated carbocycles. The number of aliphatic imine (C=N–C) groups is 1. The molecule has 1 atom stereocenters. The molecule has 1 aliphatic rings. The SMILES string of the molecule is CC1(C)C(N)=NC(c2cc(NC(=O)c3ccc(Cl)cn3)cc(Cl)c2F)CS1(=O)=O. The number of nitrogens with zero attached hydrogens (tertiary/aromatic N) is 2. The van der Waals surface area contributed by atoms with E-state index >= 15 is 0 Å². The predicted molar refractivity (Wildman–Crippen MR) is 111 cm³/mol. The van der Waals surface area contributed by atoms with Gasteiger partial charge in [0.05, 0.1) is 21.8 Å². The minimum absolute atomic E-state index is 0.0839. The van der Waals surface area contributed by atoms with Crippen LogP contribution in [0.5, 0.6) is 0 Å². The molecule has 2 heterocycles. The number of hydrogen-bond acceptors (Lipinski definition) is 6. The van der Waals surface area contributed by atoms with E-state index in [9.17, 15) is 17.6 Å². The molecule has 0 saturated heterocycles. The van der Waals surface area contributed by atoms with Crippen molar-refractivity contribution >= 4 is 50.5 Å². The molecule has 0 radical (unpaired) electrons. The summed E-state index contributed by atoms with van der Waals surface area (Å²) in [6.45, 7) is 2.88. The predicted octanol–water partition coefficient (Wildman–Crippen LogP) is 3.39. The Morgan fingerprint density at radius 2 is 2.00 bits per heavy atom. The average Bonchev–Trinajstić information content (AvgIpc) is 2.63. The number of anilines is 1. The molecule has 1 aromatic carbocycles. The van der Waals surface area contributed by atoms with E-state index in [2.05, 4.69) is 15.3 Å². The number of aromatic nitrogens is 1. The van der Waals surface area contributed by atoms with Crippen molar-refractivity contribution in [2.45, 2.75) is 24.6 Å². The Hall–Kier alpha value is -2.23. The van der Waals surface area contributed by atoms with Gasteiger partial charge < -0.3 is 11.1 Å². The van der Waals surface area contributed by atoms with Crippen molar-refractivity contribution in [1.82, 2.24) is 4.98 Å². The van der Waals surface area contributed by atoms with Crippen molar-refractivity contribution < 1.29 is 17.6 Å². The molecule has 0 fully saturated rings. The zero-order chi connectivity index (χ0) is 21.6. The molecule has 1 unspecified atom stereocenters. The Kier molecular flexibility index (Phi) is 5.59. The Labute approximate surface area is 177 Å². The lowest BCUT2D eigenvalue weighted by Crippen LogP contribution is -2.50. The first kappa shape index (κ1) is 21.5. The summed E-state index contributed by atoms with van der Waals surface area (Å²) in [6.07, 6.45) is 1.31.